The Morgan fingerprint density at radius 2 is 1.95 bits per heavy atom. The number of aliphatic hydroxyl groups excluding tert-OH is 1. The number of nitrogens with zero attached hydrogens (tertiary/aromatic N) is 1. The summed E-state index contributed by atoms with van der Waals surface area (Å²) in [5, 5.41) is 9.08. The van der Waals surface area contributed by atoms with Crippen molar-refractivity contribution in [2.24, 2.45) is 5.92 Å². The molecule has 1 aromatic carbocycles. The van der Waals surface area contributed by atoms with Crippen molar-refractivity contribution in [2.45, 2.75) is 38.7 Å². The second kappa shape index (κ2) is 6.65. The molecule has 0 saturated heterocycles. The van der Waals surface area contributed by atoms with E-state index in [2.05, 4.69) is 0 Å². The Kier molecular flexibility index (Phi) is 5.68. The molecule has 0 aliphatic heterocycles. The van der Waals surface area contributed by atoms with Crippen molar-refractivity contribution < 1.29 is 17.9 Å². The molecule has 0 aliphatic rings. The van der Waals surface area contributed by atoms with Crippen LogP contribution in [0.1, 0.15) is 31.4 Å². The van der Waals surface area contributed by atoms with Crippen molar-refractivity contribution in [2.75, 3.05) is 13.6 Å². The normalized spacial score (nSPS) is 12.4. The SMILES string of the molecule is Cc1c(F)cc(CO)cc1S(=O)(=O)N(C)CCC(C)C. The lowest BCUT2D eigenvalue weighted by molar-refractivity contribution is 0.280. The number of sulfonamides is 1. The van der Waals surface area contributed by atoms with E-state index in [0.29, 0.717) is 12.5 Å². The Morgan fingerprint density at radius 1 is 1.35 bits per heavy atom. The minimum Gasteiger partial charge on any atom is -0.392 e. The predicted molar refractivity (Wildman–Crippen MR) is 76.3 cm³/mol. The van der Waals surface area contributed by atoms with Crippen LogP contribution in [-0.2, 0) is 16.6 Å². The van der Waals surface area contributed by atoms with Gasteiger partial charge in [-0.3, -0.25) is 0 Å². The van der Waals surface area contributed by atoms with Crippen LogP contribution in [0, 0.1) is 18.7 Å². The van der Waals surface area contributed by atoms with E-state index in [9.17, 15) is 12.8 Å². The highest BCUT2D eigenvalue weighted by Gasteiger charge is 2.24. The minimum atomic E-state index is -3.74. The zero-order valence-corrected chi connectivity index (χ0v) is 13.2. The summed E-state index contributed by atoms with van der Waals surface area (Å²) in [5.74, 6) is -0.235. The average molecular weight is 303 g/mol. The Bertz CT molecular complexity index is 570. The van der Waals surface area contributed by atoms with Gasteiger partial charge in [-0.2, -0.15) is 0 Å². The fraction of sp³-hybridized carbons (Fsp3) is 0.571. The fourth-order valence-electron chi connectivity index (χ4n) is 1.79. The molecule has 20 heavy (non-hydrogen) atoms. The van der Waals surface area contributed by atoms with Crippen LogP contribution >= 0.6 is 0 Å². The molecule has 0 atom stereocenters. The minimum absolute atomic E-state index is 0.0761. The molecule has 0 aliphatic carbocycles. The zero-order chi connectivity index (χ0) is 15.5. The van der Waals surface area contributed by atoms with Crippen LogP contribution in [0.4, 0.5) is 4.39 Å². The van der Waals surface area contributed by atoms with Gasteiger partial charge in [0.05, 0.1) is 11.5 Å². The first-order chi connectivity index (χ1) is 9.20. The van der Waals surface area contributed by atoms with Gasteiger partial charge in [0.15, 0.2) is 0 Å². The van der Waals surface area contributed by atoms with Crippen molar-refractivity contribution in [3.05, 3.63) is 29.1 Å². The maximum atomic E-state index is 13.7. The molecule has 0 heterocycles. The highest BCUT2D eigenvalue weighted by molar-refractivity contribution is 7.89. The van der Waals surface area contributed by atoms with E-state index in [4.69, 9.17) is 5.11 Å². The van der Waals surface area contributed by atoms with E-state index >= 15 is 0 Å². The number of hydrogen-bond donors (Lipinski definition) is 1. The Morgan fingerprint density at radius 3 is 2.45 bits per heavy atom. The van der Waals surface area contributed by atoms with E-state index in [1.165, 1.54) is 24.3 Å². The summed E-state index contributed by atoms with van der Waals surface area (Å²) < 4.78 is 39.9. The van der Waals surface area contributed by atoms with Crippen LogP contribution < -0.4 is 0 Å². The molecular formula is C14H22FNO3S. The van der Waals surface area contributed by atoms with Crippen molar-refractivity contribution >= 4 is 10.0 Å². The largest absolute Gasteiger partial charge is 0.392 e. The van der Waals surface area contributed by atoms with Crippen LogP contribution in [0.2, 0.25) is 0 Å². The number of benzene rings is 1. The summed E-state index contributed by atoms with van der Waals surface area (Å²) in [6, 6.07) is 2.49. The monoisotopic (exact) mass is 303 g/mol. The lowest BCUT2D eigenvalue weighted by Crippen LogP contribution is -2.29. The van der Waals surface area contributed by atoms with Crippen molar-refractivity contribution in [1.29, 1.82) is 0 Å². The molecule has 0 amide bonds. The standard InChI is InChI=1S/C14H22FNO3S/c1-10(2)5-6-16(4)20(18,19)14-8-12(9-17)7-13(15)11(14)3/h7-8,10,17H,5-6,9H2,1-4H3. The van der Waals surface area contributed by atoms with Crippen LogP contribution in [-0.4, -0.2) is 31.4 Å². The molecule has 0 bridgehead atoms. The van der Waals surface area contributed by atoms with E-state index in [1.807, 2.05) is 13.8 Å². The smallest absolute Gasteiger partial charge is 0.243 e. The fourth-order valence-corrected chi connectivity index (χ4v) is 3.26. The second-order valence-corrected chi connectivity index (χ2v) is 7.38. The van der Waals surface area contributed by atoms with Crippen molar-refractivity contribution in [3.8, 4) is 0 Å². The molecule has 0 radical (unpaired) electrons. The topological polar surface area (TPSA) is 57.6 Å². The molecule has 114 valence electrons. The average Bonchev–Trinajstić information content (AvgIpc) is 2.38. The van der Waals surface area contributed by atoms with Crippen LogP contribution in [0.15, 0.2) is 17.0 Å². The lowest BCUT2D eigenvalue weighted by atomic mass is 10.1. The van der Waals surface area contributed by atoms with Gasteiger partial charge in [0, 0.05) is 19.2 Å². The van der Waals surface area contributed by atoms with Gasteiger partial charge in [-0.15, -0.1) is 0 Å². The van der Waals surface area contributed by atoms with Gasteiger partial charge < -0.3 is 5.11 Å². The first kappa shape index (κ1) is 17.1. The third kappa shape index (κ3) is 3.77. The summed E-state index contributed by atoms with van der Waals surface area (Å²) in [6.45, 7) is 5.44. The number of aliphatic hydroxyl groups is 1. The number of rotatable bonds is 6. The third-order valence-corrected chi connectivity index (χ3v) is 5.23. The summed E-state index contributed by atoms with van der Waals surface area (Å²) in [5.41, 5.74) is 0.336. The highest BCUT2D eigenvalue weighted by Crippen LogP contribution is 2.23. The van der Waals surface area contributed by atoms with Gasteiger partial charge in [0.1, 0.15) is 5.82 Å². The summed E-state index contributed by atoms with van der Waals surface area (Å²) >= 11 is 0. The first-order valence-electron chi connectivity index (χ1n) is 6.56. The third-order valence-electron chi connectivity index (χ3n) is 3.25. The van der Waals surface area contributed by atoms with Crippen molar-refractivity contribution in [1.82, 2.24) is 4.31 Å². The molecule has 0 fully saturated rings. The molecule has 0 saturated carbocycles. The van der Waals surface area contributed by atoms with Gasteiger partial charge in [0.2, 0.25) is 10.0 Å². The molecule has 0 spiro atoms. The van der Waals surface area contributed by atoms with Crippen LogP contribution in [0.5, 0.6) is 0 Å². The Balaban J connectivity index is 3.18. The molecular weight excluding hydrogens is 281 g/mol. The molecule has 1 N–H and O–H groups in total. The van der Waals surface area contributed by atoms with E-state index in [1.54, 1.807) is 0 Å². The maximum absolute atomic E-state index is 13.7. The Hall–Kier alpha value is -0.980. The number of halogens is 1. The van der Waals surface area contributed by atoms with Gasteiger partial charge >= 0.3 is 0 Å². The van der Waals surface area contributed by atoms with Crippen LogP contribution in [0.25, 0.3) is 0 Å². The van der Waals surface area contributed by atoms with Gasteiger partial charge in [0.25, 0.3) is 0 Å². The molecule has 1 aromatic rings. The number of hydrogen-bond acceptors (Lipinski definition) is 3. The van der Waals surface area contributed by atoms with E-state index < -0.39 is 22.4 Å². The summed E-state index contributed by atoms with van der Waals surface area (Å²) in [7, 11) is -2.25. The van der Waals surface area contributed by atoms with E-state index in [-0.39, 0.29) is 16.0 Å². The summed E-state index contributed by atoms with van der Waals surface area (Å²) in [4.78, 5) is -0.0761. The van der Waals surface area contributed by atoms with Gasteiger partial charge in [-0.25, -0.2) is 17.1 Å². The quantitative estimate of drug-likeness (QED) is 0.877. The highest BCUT2D eigenvalue weighted by atomic mass is 32.2. The van der Waals surface area contributed by atoms with Crippen molar-refractivity contribution in [3.63, 3.8) is 0 Å². The second-order valence-electron chi connectivity index (χ2n) is 5.37. The summed E-state index contributed by atoms with van der Waals surface area (Å²) in [6.07, 6.45) is 0.733. The van der Waals surface area contributed by atoms with Gasteiger partial charge in [-0.05, 0) is 37.0 Å². The molecule has 4 nitrogen and oxygen atoms in total. The Labute approximate surface area is 120 Å². The van der Waals surface area contributed by atoms with Gasteiger partial charge in [-0.1, -0.05) is 13.8 Å². The lowest BCUT2D eigenvalue weighted by Gasteiger charge is -2.20. The molecule has 0 aromatic heterocycles. The maximum Gasteiger partial charge on any atom is 0.243 e. The zero-order valence-electron chi connectivity index (χ0n) is 12.4. The predicted octanol–water partition coefficient (Wildman–Crippen LogP) is 2.29. The van der Waals surface area contributed by atoms with Crippen LogP contribution in [0.3, 0.4) is 0 Å². The van der Waals surface area contributed by atoms with E-state index in [0.717, 1.165) is 12.5 Å². The molecule has 0 unspecified atom stereocenters. The first-order valence-corrected chi connectivity index (χ1v) is 8.00. The molecule has 1 rings (SSSR count). The molecule has 6 heteroatoms.